The van der Waals surface area contributed by atoms with Gasteiger partial charge in [0, 0.05) is 22.4 Å². The van der Waals surface area contributed by atoms with Gasteiger partial charge in [-0.3, -0.25) is 0 Å². The zero-order valence-electron chi connectivity index (χ0n) is 10.6. The van der Waals surface area contributed by atoms with Crippen LogP contribution in [0.2, 0.25) is 0 Å². The summed E-state index contributed by atoms with van der Waals surface area (Å²) in [6.45, 7) is -2.68. The van der Waals surface area contributed by atoms with Crippen LogP contribution in [0.5, 0.6) is 0 Å². The maximum Gasteiger partial charge on any atom is 0.325 e. The molecule has 0 aliphatic heterocycles. The molecule has 20 heavy (non-hydrogen) atoms. The Morgan fingerprint density at radius 2 is 1.15 bits per heavy atom. The first-order chi connectivity index (χ1) is 9.16. The molecule has 0 bridgehead atoms. The van der Waals surface area contributed by atoms with Crippen LogP contribution in [0.4, 0.5) is 0 Å². The van der Waals surface area contributed by atoms with E-state index in [0.717, 1.165) is 11.1 Å². The first-order valence-electron chi connectivity index (χ1n) is 5.85. The van der Waals surface area contributed by atoms with Crippen LogP contribution in [0.15, 0.2) is 60.7 Å². The van der Waals surface area contributed by atoms with Crippen LogP contribution >= 0.6 is 6.72 Å². The van der Waals surface area contributed by atoms with E-state index >= 15 is 0 Å². The van der Waals surface area contributed by atoms with E-state index < -0.39 is 6.72 Å². The molecule has 6 heteroatoms. The molecule has 0 heterocycles. The molecule has 0 amide bonds. The maximum atomic E-state index is 9.92. The van der Waals surface area contributed by atoms with Crippen molar-refractivity contribution in [1.29, 1.82) is 0 Å². The van der Waals surface area contributed by atoms with E-state index in [4.69, 9.17) is 20.9 Å². The van der Waals surface area contributed by atoms with Crippen molar-refractivity contribution < 1.29 is 36.3 Å². The Labute approximate surface area is 139 Å². The van der Waals surface area contributed by atoms with Crippen molar-refractivity contribution >= 4 is 18.5 Å². The molecule has 0 atom stereocenters. The second kappa shape index (κ2) is 8.88. The molecule has 3 nitrogen and oxygen atoms in total. The molecule has 0 spiro atoms. The van der Waals surface area contributed by atoms with Gasteiger partial charge < -0.3 is 13.9 Å². The Bertz CT molecular complexity index is 503. The topological polar surface area (TPSA) is 38.7 Å². The molecule has 111 valence electrons. The predicted octanol–water partition coefficient (Wildman–Crippen LogP) is 3.63. The Morgan fingerprint density at radius 3 is 1.50 bits per heavy atom. The van der Waals surface area contributed by atoms with Crippen LogP contribution in [-0.2, 0) is 56.4 Å². The monoisotopic (exact) mass is 401 g/mol. The minimum Gasteiger partial charge on any atom is -0.324 e. The summed E-state index contributed by atoms with van der Waals surface area (Å²) in [6, 6.07) is 19.1. The van der Waals surface area contributed by atoms with Crippen LogP contribution in [-0.4, -0.2) is 4.89 Å². The van der Waals surface area contributed by atoms with Gasteiger partial charge in [0.2, 0.25) is 0 Å². The molecule has 0 saturated carbocycles. The van der Waals surface area contributed by atoms with E-state index in [9.17, 15) is 4.89 Å². The maximum absolute atomic E-state index is 9.92. The van der Waals surface area contributed by atoms with E-state index in [0.29, 0.717) is 0 Å². The van der Waals surface area contributed by atoms with Gasteiger partial charge in [-0.1, -0.05) is 60.7 Å². The molecule has 2 aromatic rings. The Balaban J connectivity index is 0.00000200. The molecule has 0 aliphatic rings. The summed E-state index contributed by atoms with van der Waals surface area (Å²) in [5, 5.41) is 0. The van der Waals surface area contributed by atoms with Crippen molar-refractivity contribution in [2.24, 2.45) is 0 Å². The van der Waals surface area contributed by atoms with Gasteiger partial charge in [0.05, 0.1) is 13.2 Å². The van der Waals surface area contributed by atoms with E-state index in [1.54, 1.807) is 0 Å². The second-order valence-electron chi connectivity index (χ2n) is 3.99. The van der Waals surface area contributed by atoms with Gasteiger partial charge >= 0.3 is 6.72 Å². The summed E-state index contributed by atoms with van der Waals surface area (Å²) in [5.41, 5.74) is 1.91. The van der Waals surface area contributed by atoms with Crippen molar-refractivity contribution in [3.8, 4) is 0 Å². The zero-order valence-corrected chi connectivity index (χ0v) is 13.8. The Kier molecular flexibility index (Phi) is 7.88. The van der Waals surface area contributed by atoms with Gasteiger partial charge in [-0.2, -0.15) is 0 Å². The van der Waals surface area contributed by atoms with Gasteiger partial charge in [0.25, 0.3) is 0 Å². The smallest absolute Gasteiger partial charge is 0.324 e. The minimum absolute atomic E-state index is 0. The van der Waals surface area contributed by atoms with E-state index in [-0.39, 0.29) is 35.6 Å². The van der Waals surface area contributed by atoms with Crippen LogP contribution in [0.25, 0.3) is 0 Å². The first kappa shape index (κ1) is 17.8. The summed E-state index contributed by atoms with van der Waals surface area (Å²) in [4.78, 5) is 9.92. The molecule has 2 aromatic carbocycles. The van der Waals surface area contributed by atoms with Gasteiger partial charge in [-0.05, 0) is 22.9 Å². The van der Waals surface area contributed by atoms with E-state index in [1.165, 1.54) is 0 Å². The molecule has 0 aliphatic carbocycles. The third-order valence-corrected chi connectivity index (χ3v) is 4.02. The Morgan fingerprint density at radius 1 is 0.800 bits per heavy atom. The van der Waals surface area contributed by atoms with E-state index in [2.05, 4.69) is 0 Å². The predicted molar refractivity (Wildman–Crippen MR) is 79.0 cm³/mol. The molecule has 0 aromatic heterocycles. The van der Waals surface area contributed by atoms with Gasteiger partial charge in [0.1, 0.15) is 0 Å². The van der Waals surface area contributed by atoms with Crippen molar-refractivity contribution in [2.75, 3.05) is 0 Å². The van der Waals surface area contributed by atoms with Crippen LogP contribution in [0.1, 0.15) is 11.1 Å². The third kappa shape index (κ3) is 6.44. The van der Waals surface area contributed by atoms with Crippen LogP contribution < -0.4 is 0 Å². The summed E-state index contributed by atoms with van der Waals surface area (Å²) in [7, 11) is 0. The number of hydrogen-bond donors (Lipinski definition) is 1. The first-order valence-corrected chi connectivity index (χ1v) is 8.44. The molecule has 0 saturated heterocycles. The molecule has 0 unspecified atom stereocenters. The Hall–Kier alpha value is -0.290. The summed E-state index contributed by atoms with van der Waals surface area (Å²) >= 11 is 4.96. The molecule has 1 radical (unpaired) electrons. The van der Waals surface area contributed by atoms with Crippen LogP contribution in [0.3, 0.4) is 0 Å². The standard InChI is InChI=1S/C14H15O3PS.Ag/c15-18(19,16-11-13-7-3-1-4-8-13)17-12-14-9-5-2-6-10-14;/h1-10H,11-12H2,(H,15,19);. The zero-order chi connectivity index (χ0) is 13.6. The van der Waals surface area contributed by atoms with Gasteiger partial charge in [-0.15, -0.1) is 0 Å². The van der Waals surface area contributed by atoms with Crippen molar-refractivity contribution in [3.05, 3.63) is 71.8 Å². The summed E-state index contributed by atoms with van der Waals surface area (Å²) in [5.74, 6) is 0. The molecular formula is C14H15AgO3PS. The van der Waals surface area contributed by atoms with Crippen molar-refractivity contribution in [2.45, 2.75) is 13.2 Å². The largest absolute Gasteiger partial charge is 0.325 e. The number of rotatable bonds is 6. The summed E-state index contributed by atoms with van der Waals surface area (Å²) < 4.78 is 10.6. The minimum atomic E-state index is -3.19. The normalized spacial score (nSPS) is 10.8. The third-order valence-electron chi connectivity index (χ3n) is 2.47. The van der Waals surface area contributed by atoms with Crippen molar-refractivity contribution in [1.82, 2.24) is 0 Å². The molecular weight excluding hydrogens is 387 g/mol. The molecule has 2 rings (SSSR count). The fourth-order valence-electron chi connectivity index (χ4n) is 1.50. The average Bonchev–Trinajstić information content (AvgIpc) is 2.46. The number of benzene rings is 2. The van der Waals surface area contributed by atoms with Crippen molar-refractivity contribution in [3.63, 3.8) is 0 Å². The molecule has 1 N–H and O–H groups in total. The van der Waals surface area contributed by atoms with E-state index in [1.807, 2.05) is 60.7 Å². The second-order valence-corrected chi connectivity index (χ2v) is 6.82. The molecule has 0 fully saturated rings. The van der Waals surface area contributed by atoms with Gasteiger partial charge in [0.15, 0.2) is 0 Å². The fourth-order valence-corrected chi connectivity index (χ4v) is 2.51. The average molecular weight is 402 g/mol. The van der Waals surface area contributed by atoms with Gasteiger partial charge in [-0.25, -0.2) is 0 Å². The van der Waals surface area contributed by atoms with Crippen LogP contribution in [0, 0.1) is 0 Å². The number of hydrogen-bond acceptors (Lipinski definition) is 3. The SMILES string of the molecule is OP(=S)(OCc1ccccc1)OCc1ccccc1.[Ag]. The quantitative estimate of drug-likeness (QED) is 0.592. The fraction of sp³-hybridized carbons (Fsp3) is 0.143. The summed E-state index contributed by atoms with van der Waals surface area (Å²) in [6.07, 6.45) is 0.